The Morgan fingerprint density at radius 2 is 1.95 bits per heavy atom. The number of rotatable bonds is 4. The molecule has 4 rings (SSSR count). The van der Waals surface area contributed by atoms with Crippen molar-refractivity contribution in [2.45, 2.75) is 32.2 Å². The Morgan fingerprint density at radius 3 is 2.52 bits per heavy atom. The minimum Gasteiger partial charge on any atom is -0.376 e. The smallest absolute Gasteiger partial charge is 0.293 e. The highest BCUT2D eigenvalue weighted by atomic mass is 16.6. The first-order chi connectivity index (χ1) is 10.1. The fourth-order valence-electron chi connectivity index (χ4n) is 4.72. The molecule has 0 amide bonds. The number of nitro benzene ring substituents is 1. The molecule has 3 saturated carbocycles. The van der Waals surface area contributed by atoms with E-state index < -0.39 is 4.92 Å². The summed E-state index contributed by atoms with van der Waals surface area (Å²) in [4.78, 5) is 22.2. The molecule has 0 spiro atoms. The summed E-state index contributed by atoms with van der Waals surface area (Å²) in [5, 5.41) is 14.6. The Bertz CT molecular complexity index is 626. The van der Waals surface area contributed by atoms with Gasteiger partial charge in [-0.3, -0.25) is 14.9 Å². The zero-order valence-corrected chi connectivity index (χ0v) is 11.9. The van der Waals surface area contributed by atoms with Crippen LogP contribution in [0.3, 0.4) is 0 Å². The van der Waals surface area contributed by atoms with Crippen LogP contribution in [0.1, 0.15) is 36.5 Å². The van der Waals surface area contributed by atoms with Gasteiger partial charge in [-0.2, -0.15) is 0 Å². The Morgan fingerprint density at radius 1 is 1.29 bits per heavy atom. The molecule has 5 heteroatoms. The van der Waals surface area contributed by atoms with E-state index in [0.717, 1.165) is 23.7 Å². The molecule has 4 unspecified atom stereocenters. The fourth-order valence-corrected chi connectivity index (χ4v) is 4.72. The van der Waals surface area contributed by atoms with Crippen LogP contribution < -0.4 is 5.32 Å². The molecule has 3 fully saturated rings. The van der Waals surface area contributed by atoms with Crippen molar-refractivity contribution in [3.05, 3.63) is 33.9 Å². The molecule has 0 radical (unpaired) electrons. The van der Waals surface area contributed by atoms with Crippen LogP contribution in [0.15, 0.2) is 18.2 Å². The summed E-state index contributed by atoms with van der Waals surface area (Å²) >= 11 is 0. The number of nitro groups is 1. The van der Waals surface area contributed by atoms with Crippen LogP contribution in [0.2, 0.25) is 0 Å². The van der Waals surface area contributed by atoms with Crippen LogP contribution >= 0.6 is 0 Å². The number of carbonyl (C=O) groups excluding carboxylic acids is 1. The van der Waals surface area contributed by atoms with Crippen LogP contribution in [0.5, 0.6) is 0 Å². The molecular weight excluding hydrogens is 268 g/mol. The SMILES string of the molecule is CC(=O)c1ccc(NC2C3C4CCC(C4)C23)c([N+](=O)[O-])c1. The number of carbonyl (C=O) groups is 1. The quantitative estimate of drug-likeness (QED) is 0.524. The lowest BCUT2D eigenvalue weighted by molar-refractivity contribution is -0.384. The molecule has 0 saturated heterocycles. The lowest BCUT2D eigenvalue weighted by Gasteiger charge is -2.12. The number of fused-ring (bicyclic) bond motifs is 5. The van der Waals surface area contributed by atoms with Gasteiger partial charge >= 0.3 is 0 Å². The van der Waals surface area contributed by atoms with Crippen molar-refractivity contribution in [3.63, 3.8) is 0 Å². The third kappa shape index (κ3) is 1.87. The molecule has 0 aliphatic heterocycles. The van der Waals surface area contributed by atoms with Gasteiger partial charge in [-0.05, 0) is 62.0 Å². The summed E-state index contributed by atoms with van der Waals surface area (Å²) < 4.78 is 0. The zero-order chi connectivity index (χ0) is 14.7. The van der Waals surface area contributed by atoms with Gasteiger partial charge in [-0.1, -0.05) is 0 Å². The van der Waals surface area contributed by atoms with Gasteiger partial charge in [-0.15, -0.1) is 0 Å². The van der Waals surface area contributed by atoms with Gasteiger partial charge in [0.25, 0.3) is 5.69 Å². The largest absolute Gasteiger partial charge is 0.376 e. The third-order valence-corrected chi connectivity index (χ3v) is 5.66. The Labute approximate surface area is 122 Å². The maximum Gasteiger partial charge on any atom is 0.293 e. The van der Waals surface area contributed by atoms with E-state index in [1.165, 1.54) is 32.3 Å². The number of nitrogens with zero attached hydrogens (tertiary/aromatic N) is 1. The van der Waals surface area contributed by atoms with E-state index in [4.69, 9.17) is 0 Å². The molecule has 1 aromatic rings. The van der Waals surface area contributed by atoms with E-state index >= 15 is 0 Å². The minimum absolute atomic E-state index is 0.0139. The van der Waals surface area contributed by atoms with E-state index in [1.54, 1.807) is 12.1 Å². The molecule has 4 atom stereocenters. The normalized spacial score (nSPS) is 35.4. The predicted molar refractivity (Wildman–Crippen MR) is 78.3 cm³/mol. The molecule has 1 aromatic carbocycles. The van der Waals surface area contributed by atoms with Gasteiger partial charge < -0.3 is 5.32 Å². The van der Waals surface area contributed by atoms with Crippen LogP contribution in [0, 0.1) is 33.8 Å². The Kier molecular flexibility index (Phi) is 2.62. The summed E-state index contributed by atoms with van der Waals surface area (Å²) in [5.74, 6) is 2.94. The maximum atomic E-state index is 11.4. The lowest BCUT2D eigenvalue weighted by Crippen LogP contribution is -2.14. The average molecular weight is 286 g/mol. The van der Waals surface area contributed by atoms with E-state index in [-0.39, 0.29) is 11.5 Å². The van der Waals surface area contributed by atoms with Crippen molar-refractivity contribution in [2.24, 2.45) is 23.7 Å². The van der Waals surface area contributed by atoms with Gasteiger partial charge in [-0.25, -0.2) is 0 Å². The number of hydrogen-bond acceptors (Lipinski definition) is 4. The van der Waals surface area contributed by atoms with Gasteiger partial charge in [0.2, 0.25) is 0 Å². The average Bonchev–Trinajstić information content (AvgIpc) is 2.83. The highest BCUT2D eigenvalue weighted by Crippen LogP contribution is 2.66. The van der Waals surface area contributed by atoms with Crippen molar-refractivity contribution >= 4 is 17.2 Å². The number of nitrogens with one attached hydrogen (secondary N) is 1. The first-order valence-electron chi connectivity index (χ1n) is 7.62. The van der Waals surface area contributed by atoms with Crippen molar-refractivity contribution in [1.29, 1.82) is 0 Å². The van der Waals surface area contributed by atoms with Gasteiger partial charge in [0.05, 0.1) is 4.92 Å². The third-order valence-electron chi connectivity index (χ3n) is 5.66. The van der Waals surface area contributed by atoms with Gasteiger partial charge in [0.1, 0.15) is 5.69 Å². The monoisotopic (exact) mass is 286 g/mol. The highest BCUT2D eigenvalue weighted by molar-refractivity contribution is 5.95. The van der Waals surface area contributed by atoms with E-state index in [0.29, 0.717) is 17.3 Å². The van der Waals surface area contributed by atoms with Crippen LogP contribution in [0.4, 0.5) is 11.4 Å². The summed E-state index contributed by atoms with van der Waals surface area (Å²) in [5.41, 5.74) is 0.965. The molecule has 5 nitrogen and oxygen atoms in total. The van der Waals surface area contributed by atoms with Crippen molar-refractivity contribution in [2.75, 3.05) is 5.32 Å². The number of Topliss-reactive ketones (excluding diaryl/α,β-unsaturated/α-hetero) is 1. The van der Waals surface area contributed by atoms with Crippen molar-refractivity contribution in [1.82, 2.24) is 0 Å². The van der Waals surface area contributed by atoms with Crippen LogP contribution in [-0.4, -0.2) is 16.7 Å². The second kappa shape index (κ2) is 4.29. The fraction of sp³-hybridized carbons (Fsp3) is 0.562. The Balaban J connectivity index is 1.58. The molecule has 0 heterocycles. The second-order valence-electron chi connectivity index (χ2n) is 6.70. The molecule has 2 bridgehead atoms. The second-order valence-corrected chi connectivity index (χ2v) is 6.70. The molecule has 3 aliphatic carbocycles. The molecule has 1 N–H and O–H groups in total. The van der Waals surface area contributed by atoms with Gasteiger partial charge in [0.15, 0.2) is 5.78 Å². The first-order valence-corrected chi connectivity index (χ1v) is 7.62. The number of benzene rings is 1. The zero-order valence-electron chi connectivity index (χ0n) is 11.9. The number of hydrogen-bond donors (Lipinski definition) is 1. The van der Waals surface area contributed by atoms with Crippen molar-refractivity contribution in [3.8, 4) is 0 Å². The van der Waals surface area contributed by atoms with Crippen LogP contribution in [-0.2, 0) is 0 Å². The summed E-state index contributed by atoms with van der Waals surface area (Å²) in [7, 11) is 0. The standard InChI is InChI=1S/C16H18N2O3/c1-8(19)9-4-5-12(13(7-9)18(20)21)17-16-14-10-2-3-11(6-10)15(14)16/h4-5,7,10-11,14-17H,2-3,6H2,1H3. The topological polar surface area (TPSA) is 72.2 Å². The summed E-state index contributed by atoms with van der Waals surface area (Å²) in [6, 6.07) is 5.14. The Hall–Kier alpha value is -1.91. The molecule has 3 aliphatic rings. The highest BCUT2D eigenvalue weighted by Gasteiger charge is 2.65. The van der Waals surface area contributed by atoms with Crippen LogP contribution in [0.25, 0.3) is 0 Å². The van der Waals surface area contributed by atoms with E-state index in [2.05, 4.69) is 5.32 Å². The summed E-state index contributed by atoms with van der Waals surface area (Å²) in [6.45, 7) is 1.43. The summed E-state index contributed by atoms with van der Waals surface area (Å²) in [6.07, 6.45) is 4.02. The van der Waals surface area contributed by atoms with Crippen molar-refractivity contribution < 1.29 is 9.72 Å². The van der Waals surface area contributed by atoms with E-state index in [9.17, 15) is 14.9 Å². The predicted octanol–water partition coefficient (Wildman–Crippen LogP) is 3.25. The molecule has 21 heavy (non-hydrogen) atoms. The minimum atomic E-state index is -0.401. The lowest BCUT2D eigenvalue weighted by atomic mass is 10.0. The first kappa shape index (κ1) is 12.8. The molecule has 110 valence electrons. The molecule has 0 aromatic heterocycles. The number of ketones is 1. The van der Waals surface area contributed by atoms with E-state index in [1.807, 2.05) is 0 Å². The number of anilines is 1. The molecular formula is C16H18N2O3. The maximum absolute atomic E-state index is 11.4. The van der Waals surface area contributed by atoms with Gasteiger partial charge in [0, 0.05) is 17.7 Å².